The first-order valence-electron chi connectivity index (χ1n) is 6.80. The highest BCUT2D eigenvalue weighted by Gasteiger charge is 2.03. The third-order valence-corrected chi connectivity index (χ3v) is 2.74. The third kappa shape index (κ3) is 7.48. The summed E-state index contributed by atoms with van der Waals surface area (Å²) in [6.45, 7) is 4.60. The van der Waals surface area contributed by atoms with Crippen LogP contribution in [-0.4, -0.2) is 31.0 Å². The fourth-order valence-electron chi connectivity index (χ4n) is 1.69. The number of rotatable bonds is 11. The highest BCUT2D eigenvalue weighted by atomic mass is 16.5. The molecule has 0 aliphatic carbocycles. The zero-order chi connectivity index (χ0) is 13.1. The largest absolute Gasteiger partial charge is 0.472 e. The van der Waals surface area contributed by atoms with Crippen LogP contribution in [0, 0.1) is 0 Å². The van der Waals surface area contributed by atoms with Crippen LogP contribution in [0.4, 0.5) is 0 Å². The summed E-state index contributed by atoms with van der Waals surface area (Å²) in [5, 5.41) is 12.8. The molecule has 0 saturated carbocycles. The highest BCUT2D eigenvalue weighted by molar-refractivity contribution is 5.04. The molecule has 0 aliphatic heterocycles. The van der Waals surface area contributed by atoms with E-state index in [9.17, 15) is 5.11 Å². The van der Waals surface area contributed by atoms with Gasteiger partial charge in [-0.05, 0) is 12.5 Å². The molecule has 1 heterocycles. The molecule has 0 fully saturated rings. The van der Waals surface area contributed by atoms with Crippen LogP contribution in [0.1, 0.15) is 38.2 Å². The van der Waals surface area contributed by atoms with E-state index in [1.807, 2.05) is 6.07 Å². The van der Waals surface area contributed by atoms with Crippen LogP contribution in [-0.2, 0) is 11.3 Å². The van der Waals surface area contributed by atoms with Gasteiger partial charge in [-0.1, -0.05) is 26.2 Å². The van der Waals surface area contributed by atoms with Gasteiger partial charge in [0.2, 0.25) is 0 Å². The number of hydrogen-bond acceptors (Lipinski definition) is 4. The minimum absolute atomic E-state index is 0.407. The molecule has 18 heavy (non-hydrogen) atoms. The Hall–Kier alpha value is -0.840. The van der Waals surface area contributed by atoms with Crippen LogP contribution in [0.25, 0.3) is 0 Å². The maximum absolute atomic E-state index is 9.67. The van der Waals surface area contributed by atoms with Crippen LogP contribution < -0.4 is 5.32 Å². The van der Waals surface area contributed by atoms with E-state index in [1.54, 1.807) is 12.5 Å². The van der Waals surface area contributed by atoms with E-state index in [1.165, 1.54) is 19.3 Å². The monoisotopic (exact) mass is 255 g/mol. The lowest BCUT2D eigenvalue weighted by atomic mass is 10.2. The fourth-order valence-corrected chi connectivity index (χ4v) is 1.69. The smallest absolute Gasteiger partial charge is 0.0947 e. The van der Waals surface area contributed by atoms with Crippen molar-refractivity contribution in [3.63, 3.8) is 0 Å². The number of aliphatic hydroxyl groups is 1. The Morgan fingerprint density at radius 3 is 3.00 bits per heavy atom. The second-order valence-electron chi connectivity index (χ2n) is 4.55. The van der Waals surface area contributed by atoms with Crippen molar-refractivity contribution in [1.82, 2.24) is 5.32 Å². The lowest BCUT2D eigenvalue weighted by Gasteiger charge is -2.11. The Morgan fingerprint density at radius 1 is 1.39 bits per heavy atom. The van der Waals surface area contributed by atoms with E-state index < -0.39 is 6.10 Å². The molecule has 0 spiro atoms. The Morgan fingerprint density at radius 2 is 2.28 bits per heavy atom. The minimum Gasteiger partial charge on any atom is -0.472 e. The molecule has 1 atom stereocenters. The van der Waals surface area contributed by atoms with Gasteiger partial charge in [-0.25, -0.2) is 0 Å². The summed E-state index contributed by atoms with van der Waals surface area (Å²) in [5.41, 5.74) is 1.09. The molecular formula is C14H25NO3. The summed E-state index contributed by atoms with van der Waals surface area (Å²) < 4.78 is 10.4. The van der Waals surface area contributed by atoms with Crippen LogP contribution in [0.3, 0.4) is 0 Å². The van der Waals surface area contributed by atoms with Crippen molar-refractivity contribution in [3.05, 3.63) is 24.2 Å². The molecule has 0 saturated heterocycles. The summed E-state index contributed by atoms with van der Waals surface area (Å²) in [6, 6.07) is 1.91. The normalized spacial score (nSPS) is 12.8. The first kappa shape index (κ1) is 15.2. The molecular weight excluding hydrogens is 230 g/mol. The van der Waals surface area contributed by atoms with Gasteiger partial charge in [-0.3, -0.25) is 0 Å². The van der Waals surface area contributed by atoms with E-state index >= 15 is 0 Å². The summed E-state index contributed by atoms with van der Waals surface area (Å²) in [5.74, 6) is 0. The van der Waals surface area contributed by atoms with Crippen molar-refractivity contribution in [2.45, 2.75) is 45.3 Å². The average Bonchev–Trinajstić information content (AvgIpc) is 2.87. The molecule has 0 aromatic carbocycles. The second-order valence-corrected chi connectivity index (χ2v) is 4.55. The van der Waals surface area contributed by atoms with Crippen LogP contribution in [0.5, 0.6) is 0 Å². The molecule has 0 amide bonds. The maximum atomic E-state index is 9.67. The fraction of sp³-hybridized carbons (Fsp3) is 0.714. The molecule has 1 aromatic rings. The predicted molar refractivity (Wildman–Crippen MR) is 71.4 cm³/mol. The Labute approximate surface area is 109 Å². The molecule has 1 rings (SSSR count). The molecule has 1 aromatic heterocycles. The van der Waals surface area contributed by atoms with Crippen LogP contribution in [0.2, 0.25) is 0 Å². The van der Waals surface area contributed by atoms with E-state index in [4.69, 9.17) is 9.15 Å². The molecule has 0 aliphatic rings. The number of furan rings is 1. The lowest BCUT2D eigenvalue weighted by molar-refractivity contribution is 0.0353. The van der Waals surface area contributed by atoms with Crippen molar-refractivity contribution in [2.75, 3.05) is 19.8 Å². The number of hydrogen-bond donors (Lipinski definition) is 2. The summed E-state index contributed by atoms with van der Waals surface area (Å²) >= 11 is 0. The SMILES string of the molecule is CCCCCCOCC(O)CNCc1ccoc1. The minimum atomic E-state index is -0.442. The molecule has 0 radical (unpaired) electrons. The van der Waals surface area contributed by atoms with Gasteiger partial charge < -0.3 is 19.6 Å². The molecule has 4 nitrogen and oxygen atoms in total. The number of aliphatic hydroxyl groups excluding tert-OH is 1. The predicted octanol–water partition coefficient (Wildman–Crippen LogP) is 2.33. The van der Waals surface area contributed by atoms with E-state index in [2.05, 4.69) is 12.2 Å². The molecule has 104 valence electrons. The van der Waals surface area contributed by atoms with Crippen LogP contribution >= 0.6 is 0 Å². The van der Waals surface area contributed by atoms with Gasteiger partial charge in [0.05, 0.1) is 25.2 Å². The van der Waals surface area contributed by atoms with Crippen molar-refractivity contribution in [3.8, 4) is 0 Å². The van der Waals surface area contributed by atoms with Gasteiger partial charge in [0.25, 0.3) is 0 Å². The molecule has 0 bridgehead atoms. The highest BCUT2D eigenvalue weighted by Crippen LogP contribution is 2.00. The van der Waals surface area contributed by atoms with E-state index in [-0.39, 0.29) is 0 Å². The van der Waals surface area contributed by atoms with Gasteiger partial charge in [0.1, 0.15) is 0 Å². The van der Waals surface area contributed by atoms with E-state index in [0.29, 0.717) is 19.7 Å². The quantitative estimate of drug-likeness (QED) is 0.596. The Bertz CT molecular complexity index is 275. The summed E-state index contributed by atoms with van der Waals surface area (Å²) in [7, 11) is 0. The summed E-state index contributed by atoms with van der Waals surface area (Å²) in [4.78, 5) is 0. The molecule has 1 unspecified atom stereocenters. The zero-order valence-corrected chi connectivity index (χ0v) is 11.2. The Balaban J connectivity index is 1.89. The van der Waals surface area contributed by atoms with Crippen molar-refractivity contribution >= 4 is 0 Å². The van der Waals surface area contributed by atoms with Crippen molar-refractivity contribution < 1.29 is 14.3 Å². The standard InChI is InChI=1S/C14H25NO3/c1-2-3-4-5-7-17-12-14(16)10-15-9-13-6-8-18-11-13/h6,8,11,14-16H,2-5,7,9-10,12H2,1H3. The molecule has 4 heteroatoms. The third-order valence-electron chi connectivity index (χ3n) is 2.74. The summed E-state index contributed by atoms with van der Waals surface area (Å²) in [6.07, 6.45) is 7.70. The topological polar surface area (TPSA) is 54.6 Å². The maximum Gasteiger partial charge on any atom is 0.0947 e. The average molecular weight is 255 g/mol. The van der Waals surface area contributed by atoms with Crippen molar-refractivity contribution in [2.24, 2.45) is 0 Å². The second kappa shape index (κ2) is 10.1. The lowest BCUT2D eigenvalue weighted by Crippen LogP contribution is -2.30. The number of nitrogens with one attached hydrogen (secondary N) is 1. The Kier molecular flexibility index (Phi) is 8.55. The molecule has 2 N–H and O–H groups in total. The first-order chi connectivity index (χ1) is 8.83. The number of unbranched alkanes of at least 4 members (excludes halogenated alkanes) is 3. The van der Waals surface area contributed by atoms with Crippen molar-refractivity contribution in [1.29, 1.82) is 0 Å². The van der Waals surface area contributed by atoms with Gasteiger partial charge in [0, 0.05) is 25.3 Å². The first-order valence-corrected chi connectivity index (χ1v) is 6.80. The van der Waals surface area contributed by atoms with Gasteiger partial charge in [0.15, 0.2) is 0 Å². The zero-order valence-electron chi connectivity index (χ0n) is 11.2. The van der Waals surface area contributed by atoms with E-state index in [0.717, 1.165) is 18.6 Å². The van der Waals surface area contributed by atoms with Gasteiger partial charge in [-0.15, -0.1) is 0 Å². The number of ether oxygens (including phenoxy) is 1. The van der Waals surface area contributed by atoms with Gasteiger partial charge >= 0.3 is 0 Å². The van der Waals surface area contributed by atoms with Gasteiger partial charge in [-0.2, -0.15) is 0 Å². The van der Waals surface area contributed by atoms with Crippen LogP contribution in [0.15, 0.2) is 23.0 Å².